The van der Waals surface area contributed by atoms with Crippen LogP contribution in [0.1, 0.15) is 6.42 Å². The molecule has 0 radical (unpaired) electrons. The average molecular weight is 522 g/mol. The molecule has 4 rings (SSSR count). The number of halogens is 2. The van der Waals surface area contributed by atoms with Crippen LogP contribution in [0.3, 0.4) is 0 Å². The summed E-state index contributed by atoms with van der Waals surface area (Å²) in [5.41, 5.74) is 1.72. The molecule has 0 aliphatic carbocycles. The van der Waals surface area contributed by atoms with E-state index in [1.165, 1.54) is 17.8 Å². The molecule has 1 unspecified atom stereocenters. The third-order valence-corrected chi connectivity index (χ3v) is 6.87. The predicted octanol–water partition coefficient (Wildman–Crippen LogP) is 3.42. The van der Waals surface area contributed by atoms with Gasteiger partial charge in [0.15, 0.2) is 0 Å². The number of hydrogen-bond donors (Lipinski definition) is 2. The van der Waals surface area contributed by atoms with Gasteiger partial charge in [-0.05, 0) is 55.4 Å². The van der Waals surface area contributed by atoms with Gasteiger partial charge in [-0.15, -0.1) is 0 Å². The average Bonchev–Trinajstić information content (AvgIpc) is 3.25. The lowest BCUT2D eigenvalue weighted by Gasteiger charge is -2.36. The molecular weight excluding hydrogens is 496 g/mol. The lowest BCUT2D eigenvalue weighted by Crippen LogP contribution is -2.51. The summed E-state index contributed by atoms with van der Waals surface area (Å²) < 4.78 is 1.06. The topological polar surface area (TPSA) is 76.1 Å². The van der Waals surface area contributed by atoms with Crippen LogP contribution in [-0.2, 0) is 9.59 Å². The number of anilines is 2. The van der Waals surface area contributed by atoms with Crippen LogP contribution in [0, 0.1) is 5.92 Å². The zero-order chi connectivity index (χ0) is 22.7. The van der Waals surface area contributed by atoms with Gasteiger partial charge in [-0.3, -0.25) is 14.5 Å². The maximum atomic E-state index is 12.8. The van der Waals surface area contributed by atoms with E-state index in [-0.39, 0.29) is 28.5 Å². The van der Waals surface area contributed by atoms with E-state index in [4.69, 9.17) is 11.6 Å². The normalized spacial score (nSPS) is 19.2. The van der Waals surface area contributed by atoms with Crippen LogP contribution in [0.15, 0.2) is 46.9 Å². The van der Waals surface area contributed by atoms with E-state index in [9.17, 15) is 14.7 Å². The van der Waals surface area contributed by atoms with E-state index >= 15 is 0 Å². The van der Waals surface area contributed by atoms with Crippen LogP contribution in [0.4, 0.5) is 11.4 Å². The number of carbonyl (C=O) groups is 2. The summed E-state index contributed by atoms with van der Waals surface area (Å²) in [6.45, 7) is 4.65. The number of hydrogen-bond acceptors (Lipinski definition) is 5. The Bertz CT molecular complexity index is 980. The number of rotatable bonds is 5. The maximum Gasteiger partial charge on any atom is 0.236 e. The minimum atomic E-state index is -0.176. The Morgan fingerprint density at radius 2 is 1.78 bits per heavy atom. The van der Waals surface area contributed by atoms with Gasteiger partial charge < -0.3 is 20.2 Å². The maximum absolute atomic E-state index is 12.8. The van der Waals surface area contributed by atoms with Crippen LogP contribution >= 0.6 is 27.5 Å². The molecule has 2 saturated heterocycles. The highest BCUT2D eigenvalue weighted by atomic mass is 79.9. The predicted molar refractivity (Wildman–Crippen MR) is 129 cm³/mol. The zero-order valence-electron chi connectivity index (χ0n) is 17.6. The quantitative estimate of drug-likeness (QED) is 0.590. The Kier molecular flexibility index (Phi) is 7.23. The van der Waals surface area contributed by atoms with Crippen molar-refractivity contribution in [1.82, 2.24) is 9.80 Å². The Balaban J connectivity index is 1.23. The van der Waals surface area contributed by atoms with Crippen molar-refractivity contribution in [1.29, 1.82) is 0 Å². The Labute approximate surface area is 201 Å². The summed E-state index contributed by atoms with van der Waals surface area (Å²) in [6, 6.07) is 12.8. The van der Waals surface area contributed by atoms with Crippen LogP contribution in [0.2, 0.25) is 5.02 Å². The van der Waals surface area contributed by atoms with Crippen molar-refractivity contribution >= 4 is 50.7 Å². The van der Waals surface area contributed by atoms with Gasteiger partial charge in [0.25, 0.3) is 0 Å². The number of aromatic hydroxyl groups is 1. The second kappa shape index (κ2) is 10.1. The van der Waals surface area contributed by atoms with Crippen molar-refractivity contribution < 1.29 is 14.7 Å². The van der Waals surface area contributed by atoms with Gasteiger partial charge in [0.1, 0.15) is 5.75 Å². The van der Waals surface area contributed by atoms with Crippen LogP contribution < -0.4 is 10.2 Å². The van der Waals surface area contributed by atoms with Crippen molar-refractivity contribution in [2.24, 2.45) is 5.92 Å². The number of benzene rings is 2. The molecule has 170 valence electrons. The molecule has 0 spiro atoms. The summed E-state index contributed by atoms with van der Waals surface area (Å²) in [6.07, 6.45) is 0.711. The van der Waals surface area contributed by atoms with Gasteiger partial charge in [-0.1, -0.05) is 27.5 Å². The van der Waals surface area contributed by atoms with Crippen molar-refractivity contribution in [2.75, 3.05) is 56.0 Å². The monoisotopic (exact) mass is 520 g/mol. The van der Waals surface area contributed by atoms with Gasteiger partial charge in [-0.2, -0.15) is 0 Å². The molecule has 2 fully saturated rings. The molecule has 0 saturated carbocycles. The van der Waals surface area contributed by atoms with Gasteiger partial charge in [0.2, 0.25) is 11.8 Å². The third kappa shape index (κ3) is 5.54. The molecule has 2 aromatic rings. The molecule has 2 amide bonds. The molecule has 9 heteroatoms. The fourth-order valence-electron chi connectivity index (χ4n) is 4.18. The summed E-state index contributed by atoms with van der Waals surface area (Å²) in [7, 11) is 0. The smallest absolute Gasteiger partial charge is 0.236 e. The van der Waals surface area contributed by atoms with Gasteiger partial charge in [0.05, 0.1) is 17.5 Å². The molecule has 2 aliphatic rings. The minimum Gasteiger partial charge on any atom is -0.506 e. The summed E-state index contributed by atoms with van der Waals surface area (Å²) in [4.78, 5) is 31.7. The SMILES string of the molecule is O=C(Nc1ccc(O)c(Cl)c1)C1CCN(CC(=O)N2CCN(c3ccc(Br)cc3)CC2)C1. The molecule has 0 aromatic heterocycles. The zero-order valence-corrected chi connectivity index (χ0v) is 20.0. The van der Waals surface area contributed by atoms with E-state index in [0.29, 0.717) is 38.3 Å². The first kappa shape index (κ1) is 22.9. The van der Waals surface area contributed by atoms with Crippen molar-refractivity contribution in [3.8, 4) is 5.75 Å². The molecule has 2 N–H and O–H groups in total. The third-order valence-electron chi connectivity index (χ3n) is 6.04. The van der Waals surface area contributed by atoms with Crippen molar-refractivity contribution in [3.63, 3.8) is 0 Å². The Morgan fingerprint density at radius 1 is 1.06 bits per heavy atom. The van der Waals surface area contributed by atoms with E-state index < -0.39 is 0 Å². The fourth-order valence-corrected chi connectivity index (χ4v) is 4.62. The summed E-state index contributed by atoms with van der Waals surface area (Å²) in [5, 5.41) is 12.6. The number of piperazine rings is 1. The molecular formula is C23H26BrClN4O3. The van der Waals surface area contributed by atoms with Gasteiger partial charge in [0, 0.05) is 48.6 Å². The van der Waals surface area contributed by atoms with Crippen LogP contribution in [0.25, 0.3) is 0 Å². The molecule has 2 aromatic carbocycles. The number of nitrogens with one attached hydrogen (secondary N) is 1. The summed E-state index contributed by atoms with van der Waals surface area (Å²) in [5.74, 6) is -0.172. The Hall–Kier alpha value is -2.29. The molecule has 1 atom stereocenters. The molecule has 2 heterocycles. The van der Waals surface area contributed by atoms with E-state index in [1.54, 1.807) is 6.07 Å². The van der Waals surface area contributed by atoms with Crippen molar-refractivity contribution in [3.05, 3.63) is 52.0 Å². The molecule has 32 heavy (non-hydrogen) atoms. The molecule has 7 nitrogen and oxygen atoms in total. The summed E-state index contributed by atoms with van der Waals surface area (Å²) >= 11 is 9.36. The van der Waals surface area contributed by atoms with E-state index in [2.05, 4.69) is 43.2 Å². The highest BCUT2D eigenvalue weighted by molar-refractivity contribution is 9.10. The number of carbonyl (C=O) groups excluding carboxylic acids is 2. The van der Waals surface area contributed by atoms with E-state index in [1.807, 2.05) is 17.0 Å². The lowest BCUT2D eigenvalue weighted by molar-refractivity contribution is -0.132. The highest BCUT2D eigenvalue weighted by Gasteiger charge is 2.31. The number of phenolic OH excluding ortho intramolecular Hbond substituents is 1. The minimum absolute atomic E-state index is 0.0205. The number of phenols is 1. The second-order valence-electron chi connectivity index (χ2n) is 8.22. The highest BCUT2D eigenvalue weighted by Crippen LogP contribution is 2.27. The standard InChI is InChI=1S/C23H26BrClN4O3/c24-17-1-4-19(5-2-17)28-9-11-29(12-10-28)22(31)15-27-8-7-16(14-27)23(32)26-18-3-6-21(30)20(25)13-18/h1-6,13,16,30H,7-12,14-15H2,(H,26,32). The van der Waals surface area contributed by atoms with Gasteiger partial charge in [-0.25, -0.2) is 0 Å². The first-order valence-corrected chi connectivity index (χ1v) is 11.9. The number of nitrogens with zero attached hydrogens (tertiary/aromatic N) is 3. The number of likely N-dealkylation sites (tertiary alicyclic amines) is 1. The van der Waals surface area contributed by atoms with Crippen LogP contribution in [-0.4, -0.2) is 72.5 Å². The second-order valence-corrected chi connectivity index (χ2v) is 9.54. The first-order chi connectivity index (χ1) is 15.4. The first-order valence-electron chi connectivity index (χ1n) is 10.7. The van der Waals surface area contributed by atoms with E-state index in [0.717, 1.165) is 24.1 Å². The van der Waals surface area contributed by atoms with Crippen LogP contribution in [0.5, 0.6) is 5.75 Å². The Morgan fingerprint density at radius 3 is 2.47 bits per heavy atom. The lowest BCUT2D eigenvalue weighted by atomic mass is 10.1. The molecule has 0 bridgehead atoms. The van der Waals surface area contributed by atoms with Gasteiger partial charge >= 0.3 is 0 Å². The largest absolute Gasteiger partial charge is 0.506 e. The fraction of sp³-hybridized carbons (Fsp3) is 0.391. The molecule has 2 aliphatic heterocycles. The number of amides is 2. The van der Waals surface area contributed by atoms with Crippen molar-refractivity contribution in [2.45, 2.75) is 6.42 Å².